The highest BCUT2D eigenvalue weighted by atomic mass is 32.2. The zero-order valence-electron chi connectivity index (χ0n) is 12.2. The lowest BCUT2D eigenvalue weighted by Gasteiger charge is -2.24. The van der Waals surface area contributed by atoms with Crippen molar-refractivity contribution in [3.8, 4) is 5.75 Å². The van der Waals surface area contributed by atoms with Crippen molar-refractivity contribution in [2.24, 2.45) is 0 Å². The van der Waals surface area contributed by atoms with Crippen LogP contribution in [0.1, 0.15) is 25.8 Å². The molecule has 0 radical (unpaired) electrons. The molecule has 1 heterocycles. The van der Waals surface area contributed by atoms with Crippen molar-refractivity contribution in [3.05, 3.63) is 35.9 Å². The van der Waals surface area contributed by atoms with E-state index in [4.69, 9.17) is 4.74 Å². The first-order valence-corrected chi connectivity index (χ1v) is 8.36. The third-order valence-electron chi connectivity index (χ3n) is 3.42. The summed E-state index contributed by atoms with van der Waals surface area (Å²) in [4.78, 5) is 0.265. The summed E-state index contributed by atoms with van der Waals surface area (Å²) in [6, 6.07) is 5.22. The maximum atomic E-state index is 12.9. The number of hydrogen-bond acceptors (Lipinski definition) is 3. The smallest absolute Gasteiger partial charge is 0.247 e. The van der Waals surface area contributed by atoms with Crippen LogP contribution in [0.4, 0.5) is 0 Å². The zero-order valence-corrected chi connectivity index (χ0v) is 13.0. The second-order valence-electron chi connectivity index (χ2n) is 4.86. The van der Waals surface area contributed by atoms with E-state index in [9.17, 15) is 8.42 Å². The summed E-state index contributed by atoms with van der Waals surface area (Å²) in [5, 5.41) is 0. The molecule has 4 nitrogen and oxygen atoms in total. The number of ether oxygens (including phenoxy) is 1. The van der Waals surface area contributed by atoms with E-state index in [1.54, 1.807) is 12.1 Å². The summed E-state index contributed by atoms with van der Waals surface area (Å²) in [7, 11) is -3.53. The number of hydrogen-bond donors (Lipinski definition) is 0. The summed E-state index contributed by atoms with van der Waals surface area (Å²) in [6.07, 6.45) is 4.63. The molecule has 0 aromatic heterocycles. The molecule has 1 aromatic carbocycles. The molecule has 5 heteroatoms. The van der Waals surface area contributed by atoms with Gasteiger partial charge in [-0.1, -0.05) is 25.1 Å². The van der Waals surface area contributed by atoms with Crippen LogP contribution in [0, 0.1) is 6.92 Å². The van der Waals surface area contributed by atoms with Crippen LogP contribution in [0.2, 0.25) is 0 Å². The maximum absolute atomic E-state index is 12.9. The maximum Gasteiger partial charge on any atom is 0.247 e. The lowest BCUT2D eigenvalue weighted by molar-refractivity contribution is 0.328. The van der Waals surface area contributed by atoms with Gasteiger partial charge in [0.25, 0.3) is 0 Å². The fourth-order valence-electron chi connectivity index (χ4n) is 2.39. The molecule has 0 amide bonds. The molecular formula is C15H21NO3S. The molecule has 1 atom stereocenters. The van der Waals surface area contributed by atoms with Crippen LogP contribution in [-0.2, 0) is 10.0 Å². The minimum absolute atomic E-state index is 0.0602. The number of rotatable bonds is 5. The topological polar surface area (TPSA) is 46.6 Å². The molecule has 1 aromatic rings. The molecular weight excluding hydrogens is 274 g/mol. The van der Waals surface area contributed by atoms with Gasteiger partial charge in [0.2, 0.25) is 10.0 Å². The molecule has 0 unspecified atom stereocenters. The number of nitrogens with zero attached hydrogens (tertiary/aromatic N) is 1. The molecule has 0 saturated heterocycles. The van der Waals surface area contributed by atoms with Crippen molar-refractivity contribution in [1.29, 1.82) is 0 Å². The van der Waals surface area contributed by atoms with E-state index in [0.29, 0.717) is 18.9 Å². The minimum Gasteiger partial charge on any atom is -0.492 e. The van der Waals surface area contributed by atoms with E-state index in [-0.39, 0.29) is 10.9 Å². The average Bonchev–Trinajstić information content (AvgIpc) is 2.90. The van der Waals surface area contributed by atoms with Gasteiger partial charge in [-0.2, -0.15) is 4.31 Å². The third kappa shape index (κ3) is 2.74. The standard InChI is InChI=1S/C15H21NO3S/c1-4-13-7-6-10-16(13)20(17,18)15-11-12(3)8-9-14(15)19-5-2/h6-9,11,13H,4-5,10H2,1-3H3/t13-/m0/s1. The Bertz CT molecular complexity index is 608. The first-order valence-electron chi connectivity index (χ1n) is 6.92. The van der Waals surface area contributed by atoms with Crippen molar-refractivity contribution in [2.75, 3.05) is 13.2 Å². The van der Waals surface area contributed by atoms with Crippen LogP contribution in [0.25, 0.3) is 0 Å². The van der Waals surface area contributed by atoms with Crippen molar-refractivity contribution in [3.63, 3.8) is 0 Å². The van der Waals surface area contributed by atoms with Gasteiger partial charge in [0, 0.05) is 12.6 Å². The molecule has 0 N–H and O–H groups in total. The molecule has 2 rings (SSSR count). The van der Waals surface area contributed by atoms with E-state index in [2.05, 4.69) is 0 Å². The zero-order chi connectivity index (χ0) is 14.8. The summed E-state index contributed by atoms with van der Waals surface area (Å²) in [6.45, 7) is 6.60. The predicted octanol–water partition coefficient (Wildman–Crippen LogP) is 2.73. The average molecular weight is 295 g/mol. The third-order valence-corrected chi connectivity index (χ3v) is 5.33. The van der Waals surface area contributed by atoms with Gasteiger partial charge in [-0.15, -0.1) is 0 Å². The van der Waals surface area contributed by atoms with Gasteiger partial charge in [-0.25, -0.2) is 8.42 Å². The van der Waals surface area contributed by atoms with Crippen LogP contribution < -0.4 is 4.74 Å². The fraction of sp³-hybridized carbons (Fsp3) is 0.467. The second-order valence-corrected chi connectivity index (χ2v) is 6.72. The normalized spacial score (nSPS) is 19.4. The lowest BCUT2D eigenvalue weighted by atomic mass is 10.2. The van der Waals surface area contributed by atoms with Gasteiger partial charge in [0.05, 0.1) is 6.61 Å². The number of sulfonamides is 1. The van der Waals surface area contributed by atoms with E-state index in [1.807, 2.05) is 39.0 Å². The lowest BCUT2D eigenvalue weighted by Crippen LogP contribution is -2.35. The quantitative estimate of drug-likeness (QED) is 0.785. The molecule has 0 aliphatic carbocycles. The van der Waals surface area contributed by atoms with Crippen LogP contribution in [0.5, 0.6) is 5.75 Å². The van der Waals surface area contributed by atoms with Gasteiger partial charge in [-0.05, 0) is 38.0 Å². The van der Waals surface area contributed by atoms with Crippen LogP contribution >= 0.6 is 0 Å². The van der Waals surface area contributed by atoms with Gasteiger partial charge >= 0.3 is 0 Å². The summed E-state index contributed by atoms with van der Waals surface area (Å²) < 4.78 is 32.7. The molecule has 20 heavy (non-hydrogen) atoms. The first kappa shape index (κ1) is 15.1. The monoisotopic (exact) mass is 295 g/mol. The first-order chi connectivity index (χ1) is 9.50. The fourth-order valence-corrected chi connectivity index (χ4v) is 4.21. The van der Waals surface area contributed by atoms with Gasteiger partial charge < -0.3 is 4.74 Å². The number of aryl methyl sites for hydroxylation is 1. The Morgan fingerprint density at radius 2 is 2.10 bits per heavy atom. The predicted molar refractivity (Wildman–Crippen MR) is 79.5 cm³/mol. The molecule has 0 spiro atoms. The number of benzene rings is 1. The molecule has 0 saturated carbocycles. The molecule has 110 valence electrons. The highest BCUT2D eigenvalue weighted by molar-refractivity contribution is 7.89. The molecule has 0 bridgehead atoms. The summed E-state index contributed by atoms with van der Waals surface area (Å²) >= 11 is 0. The van der Waals surface area contributed by atoms with Crippen molar-refractivity contribution in [2.45, 2.75) is 38.1 Å². The van der Waals surface area contributed by atoms with E-state index in [0.717, 1.165) is 12.0 Å². The summed E-state index contributed by atoms with van der Waals surface area (Å²) in [5.74, 6) is 0.430. The van der Waals surface area contributed by atoms with Gasteiger partial charge in [0.1, 0.15) is 10.6 Å². The van der Waals surface area contributed by atoms with E-state index >= 15 is 0 Å². The molecule has 1 aliphatic heterocycles. The Morgan fingerprint density at radius 3 is 2.75 bits per heavy atom. The van der Waals surface area contributed by atoms with Crippen LogP contribution in [0.3, 0.4) is 0 Å². The largest absolute Gasteiger partial charge is 0.492 e. The van der Waals surface area contributed by atoms with E-state index in [1.165, 1.54) is 4.31 Å². The molecule has 0 fully saturated rings. The van der Waals surface area contributed by atoms with Crippen molar-refractivity contribution in [1.82, 2.24) is 4.31 Å². The van der Waals surface area contributed by atoms with Crippen LogP contribution in [0.15, 0.2) is 35.2 Å². The molecule has 1 aliphatic rings. The summed E-state index contributed by atoms with van der Waals surface area (Å²) in [5.41, 5.74) is 0.909. The Hall–Kier alpha value is -1.33. The Morgan fingerprint density at radius 1 is 1.35 bits per heavy atom. The minimum atomic E-state index is -3.53. The Labute approximate surface area is 121 Å². The highest BCUT2D eigenvalue weighted by Crippen LogP contribution is 2.31. The second kappa shape index (κ2) is 5.97. The van der Waals surface area contributed by atoms with Crippen molar-refractivity contribution >= 4 is 10.0 Å². The Balaban J connectivity index is 2.46. The van der Waals surface area contributed by atoms with Gasteiger partial charge in [0.15, 0.2) is 0 Å². The highest BCUT2D eigenvalue weighted by Gasteiger charge is 2.33. The van der Waals surface area contributed by atoms with Crippen LogP contribution in [-0.4, -0.2) is 31.9 Å². The van der Waals surface area contributed by atoms with Gasteiger partial charge in [-0.3, -0.25) is 0 Å². The SMILES string of the molecule is CCOc1ccc(C)cc1S(=O)(=O)N1CC=C[C@@H]1CC. The van der Waals surface area contributed by atoms with Crippen molar-refractivity contribution < 1.29 is 13.2 Å². The Kier molecular flexibility index (Phi) is 4.50. The van der Waals surface area contributed by atoms with E-state index < -0.39 is 10.0 Å².